The lowest BCUT2D eigenvalue weighted by molar-refractivity contribution is -0.121. The number of hydrogen-bond donors (Lipinski definition) is 3. The molecule has 0 aromatic rings. The first kappa shape index (κ1) is 20.7. The summed E-state index contributed by atoms with van der Waals surface area (Å²) < 4.78 is 0. The van der Waals surface area contributed by atoms with E-state index in [0.29, 0.717) is 12.0 Å². The number of nitrogens with one attached hydrogen (secondary N) is 3. The highest BCUT2D eigenvalue weighted by molar-refractivity contribution is 5.85. The van der Waals surface area contributed by atoms with Gasteiger partial charge in [-0.3, -0.25) is 9.69 Å². The summed E-state index contributed by atoms with van der Waals surface area (Å²) in [5, 5.41) is 9.38. The molecule has 0 radical (unpaired) electrons. The molecule has 0 aromatic carbocycles. The lowest BCUT2D eigenvalue weighted by Gasteiger charge is -2.27. The van der Waals surface area contributed by atoms with Gasteiger partial charge in [-0.25, -0.2) is 4.99 Å². The van der Waals surface area contributed by atoms with Gasteiger partial charge in [0.15, 0.2) is 5.96 Å². The molecule has 3 N–H and O–H groups in total. The molecule has 1 unspecified atom stereocenters. The maximum Gasteiger partial charge on any atom is 0.242 e. The topological polar surface area (TPSA) is 68.8 Å². The Morgan fingerprint density at radius 1 is 1.14 bits per heavy atom. The van der Waals surface area contributed by atoms with E-state index in [2.05, 4.69) is 46.6 Å². The lowest BCUT2D eigenvalue weighted by Crippen LogP contribution is -2.46. The summed E-state index contributed by atoms with van der Waals surface area (Å²) in [5.74, 6) is 0.618. The van der Waals surface area contributed by atoms with Crippen LogP contribution in [0.5, 0.6) is 0 Å². The molecule has 6 nitrogen and oxygen atoms in total. The van der Waals surface area contributed by atoms with Crippen LogP contribution in [0.2, 0.25) is 0 Å². The molecule has 130 valence electrons. The third-order valence-electron chi connectivity index (χ3n) is 3.24. The van der Waals surface area contributed by atoms with Crippen molar-refractivity contribution in [3.05, 3.63) is 0 Å². The van der Waals surface area contributed by atoms with Crippen LogP contribution in [0.15, 0.2) is 4.99 Å². The summed E-state index contributed by atoms with van der Waals surface area (Å²) in [7, 11) is 0. The van der Waals surface area contributed by atoms with E-state index in [0.717, 1.165) is 26.2 Å². The summed E-state index contributed by atoms with van der Waals surface area (Å²) in [5.41, 5.74) is -0.227. The number of amides is 1. The first-order chi connectivity index (χ1) is 10.2. The number of likely N-dealkylation sites (N-methyl/N-ethyl adjacent to an activating group) is 1. The Morgan fingerprint density at radius 3 is 2.18 bits per heavy atom. The Bertz CT molecular complexity index is 345. The van der Waals surface area contributed by atoms with Crippen molar-refractivity contribution in [3.8, 4) is 0 Å². The Kier molecular flexibility index (Phi) is 9.81. The van der Waals surface area contributed by atoms with Gasteiger partial charge in [0, 0.05) is 24.7 Å². The molecule has 0 saturated carbocycles. The summed E-state index contributed by atoms with van der Waals surface area (Å²) >= 11 is 0. The summed E-state index contributed by atoms with van der Waals surface area (Å²) in [6.45, 7) is 18.2. The minimum atomic E-state index is -0.227. The minimum absolute atomic E-state index is 0.0681. The van der Waals surface area contributed by atoms with Crippen LogP contribution < -0.4 is 16.0 Å². The Balaban J connectivity index is 4.46. The first-order valence-electron chi connectivity index (χ1n) is 8.30. The standard InChI is InChI=1S/C16H35N5O/c1-8-17-15(18-11-13(4)21(9-2)10-3)19-12-14(22)20-16(5,6)7/h13H,8-12H2,1-7H3,(H,20,22)(H2,17,18,19). The van der Waals surface area contributed by atoms with Crippen LogP contribution in [0, 0.1) is 0 Å². The molecule has 0 spiro atoms. The molecule has 0 aliphatic heterocycles. The number of carbonyl (C=O) groups is 1. The number of hydrogen-bond acceptors (Lipinski definition) is 3. The van der Waals surface area contributed by atoms with Gasteiger partial charge in [0.05, 0.1) is 0 Å². The highest BCUT2D eigenvalue weighted by Gasteiger charge is 2.14. The smallest absolute Gasteiger partial charge is 0.242 e. The van der Waals surface area contributed by atoms with E-state index < -0.39 is 0 Å². The molecule has 0 bridgehead atoms. The Hall–Kier alpha value is -1.30. The lowest BCUT2D eigenvalue weighted by atomic mass is 10.1. The molecular weight excluding hydrogens is 278 g/mol. The van der Waals surface area contributed by atoms with Crippen molar-refractivity contribution in [2.75, 3.05) is 32.7 Å². The fourth-order valence-electron chi connectivity index (χ4n) is 2.17. The van der Waals surface area contributed by atoms with E-state index in [-0.39, 0.29) is 18.0 Å². The SMILES string of the molecule is CCNC(=NCC(=O)NC(C)(C)C)NCC(C)N(CC)CC. The van der Waals surface area contributed by atoms with E-state index in [4.69, 9.17) is 0 Å². The molecule has 22 heavy (non-hydrogen) atoms. The zero-order valence-corrected chi connectivity index (χ0v) is 15.4. The van der Waals surface area contributed by atoms with Crippen molar-refractivity contribution in [2.45, 2.75) is 60.0 Å². The van der Waals surface area contributed by atoms with Crippen molar-refractivity contribution in [2.24, 2.45) is 4.99 Å². The molecule has 0 aliphatic rings. The zero-order chi connectivity index (χ0) is 17.2. The monoisotopic (exact) mass is 313 g/mol. The second-order valence-corrected chi connectivity index (χ2v) is 6.44. The van der Waals surface area contributed by atoms with Crippen LogP contribution >= 0.6 is 0 Å². The maximum atomic E-state index is 11.8. The van der Waals surface area contributed by atoms with Crippen LogP contribution in [0.25, 0.3) is 0 Å². The average molecular weight is 313 g/mol. The quantitative estimate of drug-likeness (QED) is 0.465. The molecule has 1 amide bonds. The molecule has 1 atom stereocenters. The van der Waals surface area contributed by atoms with Gasteiger partial charge in [0.1, 0.15) is 6.54 Å². The van der Waals surface area contributed by atoms with Gasteiger partial charge in [0.2, 0.25) is 5.91 Å². The van der Waals surface area contributed by atoms with Gasteiger partial charge in [-0.1, -0.05) is 13.8 Å². The van der Waals surface area contributed by atoms with Crippen molar-refractivity contribution >= 4 is 11.9 Å². The molecule has 0 saturated heterocycles. The second-order valence-electron chi connectivity index (χ2n) is 6.44. The first-order valence-corrected chi connectivity index (χ1v) is 8.30. The van der Waals surface area contributed by atoms with Gasteiger partial charge < -0.3 is 16.0 Å². The van der Waals surface area contributed by atoms with Gasteiger partial charge in [0.25, 0.3) is 0 Å². The molecule has 0 heterocycles. The molecular formula is C16H35N5O. The van der Waals surface area contributed by atoms with Gasteiger partial charge in [-0.15, -0.1) is 0 Å². The third kappa shape index (κ3) is 9.60. The van der Waals surface area contributed by atoms with E-state index in [9.17, 15) is 4.79 Å². The molecule has 0 aliphatic carbocycles. The molecule has 0 fully saturated rings. The number of rotatable bonds is 8. The van der Waals surface area contributed by atoms with Crippen LogP contribution in [0.1, 0.15) is 48.5 Å². The number of nitrogens with zero attached hydrogens (tertiary/aromatic N) is 2. The van der Waals surface area contributed by atoms with Gasteiger partial charge in [-0.05, 0) is 47.7 Å². The third-order valence-corrected chi connectivity index (χ3v) is 3.24. The molecule has 6 heteroatoms. The minimum Gasteiger partial charge on any atom is -0.357 e. The van der Waals surface area contributed by atoms with Crippen molar-refractivity contribution in [1.29, 1.82) is 0 Å². The van der Waals surface area contributed by atoms with Gasteiger partial charge in [-0.2, -0.15) is 0 Å². The van der Waals surface area contributed by atoms with Crippen molar-refractivity contribution in [3.63, 3.8) is 0 Å². The normalized spacial score (nSPS) is 13.9. The summed E-state index contributed by atoms with van der Waals surface area (Å²) in [6.07, 6.45) is 0. The van der Waals surface area contributed by atoms with Gasteiger partial charge >= 0.3 is 0 Å². The van der Waals surface area contributed by atoms with E-state index >= 15 is 0 Å². The fourth-order valence-corrected chi connectivity index (χ4v) is 2.17. The van der Waals surface area contributed by atoms with Crippen LogP contribution in [0.4, 0.5) is 0 Å². The molecule has 0 rings (SSSR count). The maximum absolute atomic E-state index is 11.8. The predicted molar refractivity (Wildman–Crippen MR) is 94.3 cm³/mol. The zero-order valence-electron chi connectivity index (χ0n) is 15.4. The highest BCUT2D eigenvalue weighted by Crippen LogP contribution is 1.98. The second kappa shape index (κ2) is 10.4. The van der Waals surface area contributed by atoms with E-state index in [1.54, 1.807) is 0 Å². The van der Waals surface area contributed by atoms with E-state index in [1.165, 1.54) is 0 Å². The average Bonchev–Trinajstić information content (AvgIpc) is 2.41. The summed E-state index contributed by atoms with van der Waals surface area (Å²) in [6, 6.07) is 0.419. The predicted octanol–water partition coefficient (Wildman–Crippen LogP) is 1.19. The largest absolute Gasteiger partial charge is 0.357 e. The fraction of sp³-hybridized carbons (Fsp3) is 0.875. The van der Waals surface area contributed by atoms with Crippen LogP contribution in [0.3, 0.4) is 0 Å². The van der Waals surface area contributed by atoms with Crippen LogP contribution in [-0.2, 0) is 4.79 Å². The van der Waals surface area contributed by atoms with Crippen molar-refractivity contribution in [1.82, 2.24) is 20.9 Å². The number of carbonyl (C=O) groups excluding carboxylic acids is 1. The van der Waals surface area contributed by atoms with Crippen LogP contribution in [-0.4, -0.2) is 61.1 Å². The number of guanidine groups is 1. The Labute approximate surface area is 136 Å². The molecule has 0 aromatic heterocycles. The number of aliphatic imine (C=N–C) groups is 1. The van der Waals surface area contributed by atoms with E-state index in [1.807, 2.05) is 27.7 Å². The highest BCUT2D eigenvalue weighted by atomic mass is 16.2. The van der Waals surface area contributed by atoms with Crippen molar-refractivity contribution < 1.29 is 4.79 Å². The Morgan fingerprint density at radius 2 is 1.73 bits per heavy atom. The summed E-state index contributed by atoms with van der Waals surface area (Å²) in [4.78, 5) is 18.5.